The fourth-order valence-corrected chi connectivity index (χ4v) is 6.58. The second-order valence-corrected chi connectivity index (χ2v) is 12.0. The fourth-order valence-electron chi connectivity index (χ4n) is 6.58. The number of likely N-dealkylation sites (tertiary alicyclic amines) is 1. The van der Waals surface area contributed by atoms with Crippen LogP contribution in [-0.4, -0.2) is 73.6 Å². The van der Waals surface area contributed by atoms with Crippen LogP contribution >= 0.6 is 0 Å². The number of nitrogens with zero attached hydrogens (tertiary/aromatic N) is 2. The first-order valence-corrected chi connectivity index (χ1v) is 14.6. The summed E-state index contributed by atoms with van der Waals surface area (Å²) in [7, 11) is 1.47. The number of nitrogens with two attached hydrogens (primary N) is 1. The highest BCUT2D eigenvalue weighted by atomic mass is 19.4. The lowest BCUT2D eigenvalue weighted by atomic mass is 9.75. The highest BCUT2D eigenvalue weighted by Crippen LogP contribution is 2.41. The van der Waals surface area contributed by atoms with Crippen LogP contribution in [0.15, 0.2) is 42.5 Å². The summed E-state index contributed by atoms with van der Waals surface area (Å²) in [5, 5.41) is 7.46. The molecule has 0 radical (unpaired) electrons. The molecule has 1 spiro atoms. The van der Waals surface area contributed by atoms with Crippen molar-refractivity contribution in [3.8, 4) is 17.6 Å². The maximum Gasteiger partial charge on any atom is 0.406 e. The van der Waals surface area contributed by atoms with E-state index in [1.54, 1.807) is 30.3 Å². The first-order valence-electron chi connectivity index (χ1n) is 14.6. The molecule has 1 saturated carbocycles. The van der Waals surface area contributed by atoms with E-state index in [9.17, 15) is 18.0 Å². The first kappa shape index (κ1) is 29.2. The first-order chi connectivity index (χ1) is 20.6. The number of primary amides is 1. The molecule has 0 atom stereocenters. The summed E-state index contributed by atoms with van der Waals surface area (Å²) >= 11 is 0. The molecule has 1 amide bonds. The van der Waals surface area contributed by atoms with Crippen molar-refractivity contribution in [2.75, 3.05) is 50.6 Å². The number of anilines is 2. The van der Waals surface area contributed by atoms with Gasteiger partial charge >= 0.3 is 6.18 Å². The van der Waals surface area contributed by atoms with E-state index in [-0.39, 0.29) is 18.3 Å². The smallest absolute Gasteiger partial charge is 0.406 e. The van der Waals surface area contributed by atoms with Crippen molar-refractivity contribution in [2.45, 2.75) is 50.5 Å². The molecule has 1 aromatic heterocycles. The van der Waals surface area contributed by atoms with Crippen LogP contribution in [0.3, 0.4) is 0 Å². The summed E-state index contributed by atoms with van der Waals surface area (Å²) in [6, 6.07) is 12.8. The molecule has 11 heteroatoms. The van der Waals surface area contributed by atoms with Gasteiger partial charge in [0.15, 0.2) is 0 Å². The van der Waals surface area contributed by atoms with Crippen molar-refractivity contribution < 1.29 is 27.4 Å². The van der Waals surface area contributed by atoms with Crippen LogP contribution in [0.4, 0.5) is 24.5 Å². The third-order valence-corrected chi connectivity index (χ3v) is 8.82. The Kier molecular flexibility index (Phi) is 7.92. The second kappa shape index (κ2) is 11.7. The van der Waals surface area contributed by atoms with E-state index < -0.39 is 18.6 Å². The average molecular weight is 596 g/mol. The number of hydrogen-bond acceptors (Lipinski definition) is 6. The lowest BCUT2D eigenvalue weighted by Crippen LogP contribution is -2.68. The summed E-state index contributed by atoms with van der Waals surface area (Å²) in [5.74, 6) is 5.71. The molecule has 0 unspecified atom stereocenters. The van der Waals surface area contributed by atoms with E-state index in [1.165, 1.54) is 17.7 Å². The second-order valence-electron chi connectivity index (χ2n) is 12.0. The minimum atomic E-state index is -4.40. The van der Waals surface area contributed by atoms with Crippen molar-refractivity contribution in [2.24, 2.45) is 11.1 Å². The molecule has 2 saturated heterocycles. The number of fused-ring (bicyclic) bond motifs is 1. The van der Waals surface area contributed by atoms with E-state index in [1.807, 2.05) is 6.07 Å². The number of carbonyl (C=O) groups excluding carboxylic acids is 1. The van der Waals surface area contributed by atoms with Gasteiger partial charge in [0.05, 0.1) is 43.8 Å². The number of alkyl halides is 3. The quantitative estimate of drug-likeness (QED) is 0.323. The molecule has 43 heavy (non-hydrogen) atoms. The van der Waals surface area contributed by atoms with Crippen LogP contribution in [0.5, 0.6) is 5.75 Å². The van der Waals surface area contributed by atoms with Gasteiger partial charge in [0.25, 0.3) is 0 Å². The van der Waals surface area contributed by atoms with E-state index >= 15 is 0 Å². The van der Waals surface area contributed by atoms with Gasteiger partial charge in [-0.3, -0.25) is 9.69 Å². The standard InChI is InChI=1S/C32H36F3N5O3/c1-42-29-14-21(30(36)41)7-12-27(29)37-13-3-4-24-15-25-26(5-2-6-28(25)40(24)18-32(33,34)35)38-22-8-10-23(11-9-22)39-16-31(17-39)19-43-20-31/h2,5-7,12,14-15,22-23,37-38H,8-11,13,16-20H2,1H3,(H2,36,41)/t22-,23+. The zero-order chi connectivity index (χ0) is 30.2. The Hall–Kier alpha value is -3.88. The highest BCUT2D eigenvalue weighted by molar-refractivity contribution is 5.94. The monoisotopic (exact) mass is 595 g/mol. The predicted octanol–water partition coefficient (Wildman–Crippen LogP) is 4.83. The molecule has 0 bridgehead atoms. The Morgan fingerprint density at radius 2 is 1.88 bits per heavy atom. The fraction of sp³-hybridized carbons (Fsp3) is 0.469. The van der Waals surface area contributed by atoms with Crippen LogP contribution in [-0.2, 0) is 11.3 Å². The minimum Gasteiger partial charge on any atom is -0.495 e. The molecule has 8 nitrogen and oxygen atoms in total. The van der Waals surface area contributed by atoms with Gasteiger partial charge in [-0.05, 0) is 68.0 Å². The van der Waals surface area contributed by atoms with Crippen LogP contribution in [0, 0.1) is 17.3 Å². The molecule has 6 rings (SSSR count). The maximum absolute atomic E-state index is 13.6. The Morgan fingerprint density at radius 3 is 2.53 bits per heavy atom. The number of nitrogens with one attached hydrogen (secondary N) is 2. The lowest BCUT2D eigenvalue weighted by Gasteiger charge is -2.58. The largest absolute Gasteiger partial charge is 0.495 e. The molecule has 3 aromatic rings. The molecular formula is C32H36F3N5O3. The molecule has 2 aromatic carbocycles. The highest BCUT2D eigenvalue weighted by Gasteiger charge is 2.50. The molecule has 3 fully saturated rings. The number of aromatic nitrogens is 1. The van der Waals surface area contributed by atoms with Gasteiger partial charge in [-0.25, -0.2) is 0 Å². The van der Waals surface area contributed by atoms with Gasteiger partial charge in [-0.1, -0.05) is 12.0 Å². The van der Waals surface area contributed by atoms with Crippen LogP contribution in [0.1, 0.15) is 41.7 Å². The zero-order valence-corrected chi connectivity index (χ0v) is 24.1. The molecule has 1 aliphatic carbocycles. The number of ether oxygens (including phenoxy) is 2. The molecule has 2 aliphatic heterocycles. The van der Waals surface area contributed by atoms with Gasteiger partial charge in [0.2, 0.25) is 5.91 Å². The van der Waals surface area contributed by atoms with Gasteiger partial charge in [0.1, 0.15) is 12.3 Å². The Balaban J connectivity index is 1.15. The van der Waals surface area contributed by atoms with Crippen molar-refractivity contribution in [3.05, 3.63) is 53.7 Å². The van der Waals surface area contributed by atoms with Crippen LogP contribution in [0.2, 0.25) is 0 Å². The topological polar surface area (TPSA) is 93.8 Å². The molecular weight excluding hydrogens is 559 g/mol. The van der Waals surface area contributed by atoms with E-state index in [0.29, 0.717) is 34.0 Å². The van der Waals surface area contributed by atoms with Crippen LogP contribution < -0.4 is 21.1 Å². The van der Waals surface area contributed by atoms with Crippen molar-refractivity contribution in [1.29, 1.82) is 0 Å². The Bertz CT molecular complexity index is 1550. The number of rotatable bonds is 8. The summed E-state index contributed by atoms with van der Waals surface area (Å²) in [4.78, 5) is 14.0. The molecule has 3 aliphatic rings. The lowest BCUT2D eigenvalue weighted by molar-refractivity contribution is -0.200. The molecule has 228 valence electrons. The third kappa shape index (κ3) is 6.26. The van der Waals surface area contributed by atoms with Gasteiger partial charge in [0, 0.05) is 47.2 Å². The number of benzene rings is 2. The number of methoxy groups -OCH3 is 1. The van der Waals surface area contributed by atoms with E-state index in [4.69, 9.17) is 15.2 Å². The number of hydrogen-bond donors (Lipinski definition) is 3. The maximum atomic E-state index is 13.6. The average Bonchev–Trinajstić information content (AvgIpc) is 3.27. The van der Waals surface area contributed by atoms with E-state index in [0.717, 1.165) is 63.1 Å². The summed E-state index contributed by atoms with van der Waals surface area (Å²) in [6.07, 6.45) is -0.142. The summed E-state index contributed by atoms with van der Waals surface area (Å²) < 4.78 is 52.9. The molecule has 4 N–H and O–H groups in total. The Morgan fingerprint density at radius 1 is 1.12 bits per heavy atom. The molecule has 3 heterocycles. The van der Waals surface area contributed by atoms with Gasteiger partial charge in [-0.2, -0.15) is 13.2 Å². The van der Waals surface area contributed by atoms with Crippen molar-refractivity contribution >= 4 is 28.2 Å². The normalized spacial score (nSPS) is 21.4. The van der Waals surface area contributed by atoms with Gasteiger partial charge in [-0.15, -0.1) is 0 Å². The van der Waals surface area contributed by atoms with Crippen molar-refractivity contribution in [1.82, 2.24) is 9.47 Å². The third-order valence-electron chi connectivity index (χ3n) is 8.82. The van der Waals surface area contributed by atoms with Gasteiger partial charge < -0.3 is 30.4 Å². The predicted molar refractivity (Wildman–Crippen MR) is 159 cm³/mol. The van der Waals surface area contributed by atoms with Crippen molar-refractivity contribution in [3.63, 3.8) is 0 Å². The van der Waals surface area contributed by atoms with E-state index in [2.05, 4.69) is 27.4 Å². The number of amides is 1. The number of carbonyl (C=O) groups is 1. The summed E-state index contributed by atoms with van der Waals surface area (Å²) in [6.45, 7) is 3.07. The zero-order valence-electron chi connectivity index (χ0n) is 24.1. The summed E-state index contributed by atoms with van der Waals surface area (Å²) in [5.41, 5.74) is 8.25. The SMILES string of the molecule is COc1cc(C(N)=O)ccc1NCC#Cc1cc2c(N[C@H]3CC[C@@H](N4CC5(COC5)C4)CC3)cccc2n1CC(F)(F)F. The number of halogens is 3. The van der Waals surface area contributed by atoms with Crippen LogP contribution in [0.25, 0.3) is 10.9 Å². The minimum absolute atomic E-state index is 0.152. The Labute approximate surface area is 248 Å².